The van der Waals surface area contributed by atoms with Gasteiger partial charge in [0.2, 0.25) is 0 Å². The second-order valence-electron chi connectivity index (χ2n) is 5.13. The van der Waals surface area contributed by atoms with Crippen molar-refractivity contribution in [1.82, 2.24) is 4.90 Å². The summed E-state index contributed by atoms with van der Waals surface area (Å²) < 4.78 is 10.7. The molecule has 2 rings (SSSR count). The van der Waals surface area contributed by atoms with E-state index in [1.165, 1.54) is 11.1 Å². The minimum Gasteiger partial charge on any atom is -0.493 e. The van der Waals surface area contributed by atoms with Crippen molar-refractivity contribution in [3.05, 3.63) is 23.3 Å². The molecule has 0 spiro atoms. The van der Waals surface area contributed by atoms with Gasteiger partial charge in [0.1, 0.15) is 0 Å². The van der Waals surface area contributed by atoms with Crippen LogP contribution in [0.2, 0.25) is 0 Å². The van der Waals surface area contributed by atoms with E-state index in [0.29, 0.717) is 0 Å². The molecular weight excluding hydrogens is 240 g/mol. The molecule has 1 aromatic rings. The van der Waals surface area contributed by atoms with E-state index in [1.54, 1.807) is 14.2 Å². The van der Waals surface area contributed by atoms with Crippen molar-refractivity contribution in [2.45, 2.75) is 32.4 Å². The third-order valence-electron chi connectivity index (χ3n) is 3.81. The number of hydrogen-bond donors (Lipinski definition) is 1. The lowest BCUT2D eigenvalue weighted by molar-refractivity contribution is 0.235. The van der Waals surface area contributed by atoms with Crippen LogP contribution in [0.15, 0.2) is 12.1 Å². The van der Waals surface area contributed by atoms with Gasteiger partial charge < -0.3 is 15.2 Å². The highest BCUT2D eigenvalue weighted by Crippen LogP contribution is 2.33. The van der Waals surface area contributed by atoms with E-state index < -0.39 is 0 Å². The average molecular weight is 264 g/mol. The maximum Gasteiger partial charge on any atom is 0.161 e. The molecule has 0 amide bonds. The maximum atomic E-state index is 6.04. The van der Waals surface area contributed by atoms with E-state index in [0.717, 1.165) is 44.0 Å². The van der Waals surface area contributed by atoms with Gasteiger partial charge in [0.15, 0.2) is 11.5 Å². The number of rotatable bonds is 5. The first-order valence-electron chi connectivity index (χ1n) is 6.89. The molecule has 0 saturated carbocycles. The first-order chi connectivity index (χ1) is 9.17. The van der Waals surface area contributed by atoms with E-state index in [1.807, 2.05) is 0 Å². The predicted octanol–water partition coefficient (Wildman–Crippen LogP) is 1.80. The maximum absolute atomic E-state index is 6.04. The molecule has 2 N–H and O–H groups in total. The van der Waals surface area contributed by atoms with Gasteiger partial charge in [-0.1, -0.05) is 6.92 Å². The topological polar surface area (TPSA) is 47.7 Å². The number of hydrogen-bond acceptors (Lipinski definition) is 4. The lowest BCUT2D eigenvalue weighted by Gasteiger charge is -2.31. The molecule has 1 aliphatic rings. The number of nitrogens with two attached hydrogens (primary N) is 1. The summed E-state index contributed by atoms with van der Waals surface area (Å²) in [6, 6.07) is 4.46. The Morgan fingerprint density at radius 3 is 2.42 bits per heavy atom. The summed E-state index contributed by atoms with van der Waals surface area (Å²) in [5.74, 6) is 1.63. The Morgan fingerprint density at radius 1 is 1.21 bits per heavy atom. The molecule has 106 valence electrons. The molecule has 1 aromatic carbocycles. The van der Waals surface area contributed by atoms with Gasteiger partial charge in [-0.15, -0.1) is 0 Å². The molecule has 4 heteroatoms. The van der Waals surface area contributed by atoms with Crippen LogP contribution in [0, 0.1) is 0 Å². The fourth-order valence-corrected chi connectivity index (χ4v) is 2.56. The largest absolute Gasteiger partial charge is 0.493 e. The monoisotopic (exact) mass is 264 g/mol. The Kier molecular flexibility index (Phi) is 4.66. The van der Waals surface area contributed by atoms with Crippen molar-refractivity contribution < 1.29 is 9.47 Å². The van der Waals surface area contributed by atoms with Crippen molar-refractivity contribution >= 4 is 0 Å². The molecule has 19 heavy (non-hydrogen) atoms. The van der Waals surface area contributed by atoms with E-state index in [9.17, 15) is 0 Å². The van der Waals surface area contributed by atoms with Crippen molar-refractivity contribution in [1.29, 1.82) is 0 Å². The van der Waals surface area contributed by atoms with Crippen molar-refractivity contribution in [3.63, 3.8) is 0 Å². The second-order valence-corrected chi connectivity index (χ2v) is 5.13. The van der Waals surface area contributed by atoms with Gasteiger partial charge in [-0.25, -0.2) is 0 Å². The van der Waals surface area contributed by atoms with Crippen molar-refractivity contribution in [2.75, 3.05) is 27.3 Å². The van der Waals surface area contributed by atoms with Gasteiger partial charge in [0.25, 0.3) is 0 Å². The van der Waals surface area contributed by atoms with Crippen molar-refractivity contribution in [2.24, 2.45) is 5.73 Å². The van der Waals surface area contributed by atoms with E-state index >= 15 is 0 Å². The number of methoxy groups -OCH3 is 2. The summed E-state index contributed by atoms with van der Waals surface area (Å²) in [6.45, 7) is 5.11. The molecule has 1 heterocycles. The highest BCUT2D eigenvalue weighted by Gasteiger charge is 2.20. The third-order valence-corrected chi connectivity index (χ3v) is 3.81. The summed E-state index contributed by atoms with van der Waals surface area (Å²) in [4.78, 5) is 2.42. The fraction of sp³-hybridized carbons (Fsp3) is 0.600. The van der Waals surface area contributed by atoms with Crippen LogP contribution in [-0.4, -0.2) is 38.3 Å². The van der Waals surface area contributed by atoms with Gasteiger partial charge >= 0.3 is 0 Å². The van der Waals surface area contributed by atoms with Crippen LogP contribution in [-0.2, 0) is 13.0 Å². The SMILES string of the molecule is CCC(N)CN1CCc2cc(OC)c(OC)cc2C1. The smallest absolute Gasteiger partial charge is 0.161 e. The minimum absolute atomic E-state index is 0.265. The first kappa shape index (κ1) is 14.2. The lowest BCUT2D eigenvalue weighted by Crippen LogP contribution is -2.40. The Morgan fingerprint density at radius 2 is 1.84 bits per heavy atom. The predicted molar refractivity (Wildman–Crippen MR) is 76.8 cm³/mol. The molecule has 4 nitrogen and oxygen atoms in total. The Labute approximate surface area is 115 Å². The zero-order chi connectivity index (χ0) is 13.8. The van der Waals surface area contributed by atoms with Crippen LogP contribution in [0.4, 0.5) is 0 Å². The zero-order valence-corrected chi connectivity index (χ0v) is 12.1. The standard InChI is InChI=1S/C15H24N2O2/c1-4-13(16)10-17-6-5-11-7-14(18-2)15(19-3)8-12(11)9-17/h7-8,13H,4-6,9-10,16H2,1-3H3. The Balaban J connectivity index is 2.15. The van der Waals surface area contributed by atoms with Crippen LogP contribution in [0.3, 0.4) is 0 Å². The van der Waals surface area contributed by atoms with Crippen LogP contribution >= 0.6 is 0 Å². The summed E-state index contributed by atoms with van der Waals surface area (Å²) in [5, 5.41) is 0. The number of fused-ring (bicyclic) bond motifs is 1. The summed E-state index contributed by atoms with van der Waals surface area (Å²) in [5.41, 5.74) is 8.73. The summed E-state index contributed by atoms with van der Waals surface area (Å²) in [7, 11) is 3.36. The first-order valence-corrected chi connectivity index (χ1v) is 6.89. The van der Waals surface area contributed by atoms with Gasteiger partial charge in [-0.2, -0.15) is 0 Å². The van der Waals surface area contributed by atoms with Gasteiger partial charge in [0.05, 0.1) is 14.2 Å². The van der Waals surface area contributed by atoms with Crippen LogP contribution in [0.5, 0.6) is 11.5 Å². The second kappa shape index (κ2) is 6.26. The van der Waals surface area contributed by atoms with E-state index in [-0.39, 0.29) is 6.04 Å². The molecule has 1 aliphatic heterocycles. The normalized spacial score (nSPS) is 16.8. The van der Waals surface area contributed by atoms with Crippen molar-refractivity contribution in [3.8, 4) is 11.5 Å². The van der Waals surface area contributed by atoms with Crippen LogP contribution in [0.1, 0.15) is 24.5 Å². The van der Waals surface area contributed by atoms with E-state index in [4.69, 9.17) is 15.2 Å². The highest BCUT2D eigenvalue weighted by atomic mass is 16.5. The molecule has 0 aromatic heterocycles. The molecule has 1 atom stereocenters. The number of nitrogens with zero attached hydrogens (tertiary/aromatic N) is 1. The molecule has 0 radical (unpaired) electrons. The Hall–Kier alpha value is -1.26. The quantitative estimate of drug-likeness (QED) is 0.881. The number of ether oxygens (including phenoxy) is 2. The van der Waals surface area contributed by atoms with Crippen LogP contribution < -0.4 is 15.2 Å². The van der Waals surface area contributed by atoms with Gasteiger partial charge in [-0.3, -0.25) is 4.90 Å². The highest BCUT2D eigenvalue weighted by molar-refractivity contribution is 5.48. The minimum atomic E-state index is 0.265. The molecule has 0 fully saturated rings. The van der Waals surface area contributed by atoms with Gasteiger partial charge in [0, 0.05) is 25.7 Å². The van der Waals surface area contributed by atoms with Gasteiger partial charge in [-0.05, 0) is 36.1 Å². The molecule has 0 bridgehead atoms. The molecular formula is C15H24N2O2. The lowest BCUT2D eigenvalue weighted by atomic mass is 9.98. The molecule has 0 aliphatic carbocycles. The zero-order valence-electron chi connectivity index (χ0n) is 12.1. The number of benzene rings is 1. The third kappa shape index (κ3) is 3.19. The van der Waals surface area contributed by atoms with Crippen LogP contribution in [0.25, 0.3) is 0 Å². The Bertz CT molecular complexity index is 434. The molecule has 0 saturated heterocycles. The fourth-order valence-electron chi connectivity index (χ4n) is 2.56. The summed E-state index contributed by atoms with van der Waals surface area (Å²) in [6.07, 6.45) is 2.07. The molecule has 1 unspecified atom stereocenters. The van der Waals surface area contributed by atoms with E-state index in [2.05, 4.69) is 24.0 Å². The summed E-state index contributed by atoms with van der Waals surface area (Å²) >= 11 is 0. The average Bonchev–Trinajstić information content (AvgIpc) is 2.45.